The molecule has 4 heteroatoms. The molecule has 3 rings (SSSR count). The predicted octanol–water partition coefficient (Wildman–Crippen LogP) is 5.51. The summed E-state index contributed by atoms with van der Waals surface area (Å²) in [7, 11) is 3.31. The zero-order chi connectivity index (χ0) is 19.1. The van der Waals surface area contributed by atoms with E-state index in [4.69, 9.17) is 9.47 Å². The number of methoxy groups -OCH3 is 2. The number of aryl methyl sites for hydroxylation is 1. The number of rotatable bonds is 6. The molecule has 0 saturated carbocycles. The molecule has 0 aliphatic heterocycles. The molecule has 0 heterocycles. The van der Waals surface area contributed by atoms with Crippen molar-refractivity contribution in [3.05, 3.63) is 83.4 Å². The predicted molar refractivity (Wildman–Crippen MR) is 112 cm³/mol. The van der Waals surface area contributed by atoms with E-state index in [0.29, 0.717) is 0 Å². The van der Waals surface area contributed by atoms with Crippen LogP contribution in [0.4, 0.5) is 11.4 Å². The zero-order valence-electron chi connectivity index (χ0n) is 15.7. The second-order valence-electron chi connectivity index (χ2n) is 6.03. The Balaban J connectivity index is 1.76. The van der Waals surface area contributed by atoms with Gasteiger partial charge in [0.15, 0.2) is 0 Å². The van der Waals surface area contributed by atoms with Crippen molar-refractivity contribution >= 4 is 23.8 Å². The minimum atomic E-state index is 0.831. The molecule has 0 fully saturated rings. The van der Waals surface area contributed by atoms with E-state index < -0.39 is 0 Å². The minimum absolute atomic E-state index is 0.831. The van der Waals surface area contributed by atoms with Crippen molar-refractivity contribution in [2.45, 2.75) is 6.92 Å². The Bertz CT molecular complexity index is 943. The van der Waals surface area contributed by atoms with Crippen LogP contribution in [0.3, 0.4) is 0 Å². The summed E-state index contributed by atoms with van der Waals surface area (Å²) in [5, 5.41) is 0. The van der Waals surface area contributed by atoms with Crippen molar-refractivity contribution in [1.29, 1.82) is 0 Å². The fourth-order valence-electron chi connectivity index (χ4n) is 2.49. The highest BCUT2D eigenvalue weighted by molar-refractivity contribution is 5.84. The molecule has 0 aliphatic carbocycles. The molecule has 4 nitrogen and oxygen atoms in total. The molecule has 0 unspecified atom stereocenters. The van der Waals surface area contributed by atoms with Crippen LogP contribution in [-0.4, -0.2) is 26.6 Å². The largest absolute Gasteiger partial charge is 0.497 e. The van der Waals surface area contributed by atoms with Gasteiger partial charge < -0.3 is 9.47 Å². The Morgan fingerprint density at radius 1 is 0.667 bits per heavy atom. The Hall–Kier alpha value is -3.40. The van der Waals surface area contributed by atoms with Crippen LogP contribution in [0.2, 0.25) is 0 Å². The Labute approximate surface area is 159 Å². The minimum Gasteiger partial charge on any atom is -0.497 e. The molecule has 0 atom stereocenters. The van der Waals surface area contributed by atoms with Gasteiger partial charge in [-0.1, -0.05) is 6.07 Å². The first-order valence-corrected chi connectivity index (χ1v) is 8.65. The van der Waals surface area contributed by atoms with Crippen LogP contribution >= 0.6 is 0 Å². The fraction of sp³-hybridized carbons (Fsp3) is 0.130. The van der Waals surface area contributed by atoms with Gasteiger partial charge in [-0.2, -0.15) is 0 Å². The Kier molecular flexibility index (Phi) is 6.00. The highest BCUT2D eigenvalue weighted by Gasteiger charge is 1.99. The van der Waals surface area contributed by atoms with E-state index in [-0.39, 0.29) is 0 Å². The summed E-state index contributed by atoms with van der Waals surface area (Å²) in [6.07, 6.45) is 3.68. The van der Waals surface area contributed by atoms with Crippen LogP contribution in [0.1, 0.15) is 16.7 Å². The van der Waals surface area contributed by atoms with E-state index >= 15 is 0 Å². The summed E-state index contributed by atoms with van der Waals surface area (Å²) >= 11 is 0. The third-order valence-corrected chi connectivity index (χ3v) is 4.14. The molecule has 0 aromatic heterocycles. The fourth-order valence-corrected chi connectivity index (χ4v) is 2.49. The summed E-state index contributed by atoms with van der Waals surface area (Å²) in [4.78, 5) is 9.17. The van der Waals surface area contributed by atoms with Crippen molar-refractivity contribution in [1.82, 2.24) is 0 Å². The number of hydrogen-bond donors (Lipinski definition) is 0. The third kappa shape index (κ3) is 5.05. The molecule has 0 radical (unpaired) electrons. The summed E-state index contributed by atoms with van der Waals surface area (Å²) in [6.45, 7) is 2.04. The maximum atomic E-state index is 5.18. The molecule has 136 valence electrons. The first kappa shape index (κ1) is 18.4. The van der Waals surface area contributed by atoms with Crippen molar-refractivity contribution in [3.63, 3.8) is 0 Å². The van der Waals surface area contributed by atoms with Crippen molar-refractivity contribution < 1.29 is 9.47 Å². The molecule has 0 amide bonds. The van der Waals surface area contributed by atoms with Gasteiger partial charge in [-0.3, -0.25) is 9.98 Å². The van der Waals surface area contributed by atoms with Gasteiger partial charge in [0, 0.05) is 12.4 Å². The number of hydrogen-bond acceptors (Lipinski definition) is 4. The highest BCUT2D eigenvalue weighted by Crippen LogP contribution is 2.25. The summed E-state index contributed by atoms with van der Waals surface area (Å²) in [6, 6.07) is 21.6. The smallest absolute Gasteiger partial charge is 0.118 e. The van der Waals surface area contributed by atoms with E-state index in [0.717, 1.165) is 39.6 Å². The molecule has 3 aromatic rings. The molecular formula is C23H22N2O2. The normalized spacial score (nSPS) is 11.2. The van der Waals surface area contributed by atoms with Gasteiger partial charge in [0.05, 0.1) is 25.6 Å². The van der Waals surface area contributed by atoms with Gasteiger partial charge in [0.2, 0.25) is 0 Å². The summed E-state index contributed by atoms with van der Waals surface area (Å²) in [5.41, 5.74) is 4.89. The maximum absolute atomic E-state index is 5.18. The Morgan fingerprint density at radius 3 is 1.70 bits per heavy atom. The molecule has 3 aromatic carbocycles. The average molecular weight is 358 g/mol. The lowest BCUT2D eigenvalue weighted by Gasteiger charge is -2.03. The molecule has 27 heavy (non-hydrogen) atoms. The number of aliphatic imine (C=N–C) groups is 2. The second kappa shape index (κ2) is 8.81. The summed E-state index contributed by atoms with van der Waals surface area (Å²) in [5.74, 6) is 1.66. The molecule has 0 saturated heterocycles. The van der Waals surface area contributed by atoms with Crippen LogP contribution in [0.5, 0.6) is 11.5 Å². The first-order valence-electron chi connectivity index (χ1n) is 8.65. The number of nitrogens with zero attached hydrogens (tertiary/aromatic N) is 2. The van der Waals surface area contributed by atoms with Crippen LogP contribution in [0.25, 0.3) is 0 Å². The molecule has 0 aliphatic rings. The van der Waals surface area contributed by atoms with Gasteiger partial charge in [-0.15, -0.1) is 0 Å². The lowest BCUT2D eigenvalue weighted by molar-refractivity contribution is 0.414. The van der Waals surface area contributed by atoms with Gasteiger partial charge >= 0.3 is 0 Å². The lowest BCUT2D eigenvalue weighted by atomic mass is 10.1. The van der Waals surface area contributed by atoms with Gasteiger partial charge in [-0.25, -0.2) is 0 Å². The number of benzene rings is 3. The second-order valence-corrected chi connectivity index (χ2v) is 6.03. The van der Waals surface area contributed by atoms with Gasteiger partial charge in [-0.05, 0) is 84.3 Å². The van der Waals surface area contributed by atoms with Crippen LogP contribution in [0.15, 0.2) is 76.7 Å². The van der Waals surface area contributed by atoms with E-state index in [1.165, 1.54) is 0 Å². The van der Waals surface area contributed by atoms with Crippen LogP contribution in [0, 0.1) is 6.92 Å². The monoisotopic (exact) mass is 358 g/mol. The molecular weight excluding hydrogens is 336 g/mol. The molecule has 0 spiro atoms. The van der Waals surface area contributed by atoms with Crippen LogP contribution < -0.4 is 9.47 Å². The van der Waals surface area contributed by atoms with Crippen molar-refractivity contribution in [2.75, 3.05) is 14.2 Å². The summed E-state index contributed by atoms with van der Waals surface area (Å²) < 4.78 is 10.3. The highest BCUT2D eigenvalue weighted by atomic mass is 16.5. The average Bonchev–Trinajstić information content (AvgIpc) is 2.73. The molecule has 0 bridgehead atoms. The lowest BCUT2D eigenvalue weighted by Crippen LogP contribution is -1.85. The van der Waals surface area contributed by atoms with E-state index in [9.17, 15) is 0 Å². The standard InChI is InChI=1S/C23H22N2O2/c1-17-4-9-20(24-15-18-5-10-21(26-2)11-6-18)14-23(17)25-16-19-7-12-22(27-3)13-8-19/h4-16H,1-3H3. The number of ether oxygens (including phenoxy) is 2. The Morgan fingerprint density at radius 2 is 1.19 bits per heavy atom. The molecule has 0 N–H and O–H groups in total. The SMILES string of the molecule is COc1ccc(C=Nc2ccc(C)c(N=Cc3ccc(OC)cc3)c2)cc1. The zero-order valence-corrected chi connectivity index (χ0v) is 15.7. The first-order chi connectivity index (χ1) is 13.2. The maximum Gasteiger partial charge on any atom is 0.118 e. The quantitative estimate of drug-likeness (QED) is 0.545. The van der Waals surface area contributed by atoms with Crippen LogP contribution in [-0.2, 0) is 0 Å². The third-order valence-electron chi connectivity index (χ3n) is 4.14. The van der Waals surface area contributed by atoms with Crippen molar-refractivity contribution in [2.24, 2.45) is 9.98 Å². The topological polar surface area (TPSA) is 43.2 Å². The van der Waals surface area contributed by atoms with E-state index in [2.05, 4.69) is 9.98 Å². The van der Waals surface area contributed by atoms with Gasteiger partial charge in [0.25, 0.3) is 0 Å². The van der Waals surface area contributed by atoms with Gasteiger partial charge in [0.1, 0.15) is 11.5 Å². The van der Waals surface area contributed by atoms with E-state index in [1.807, 2.05) is 86.1 Å². The van der Waals surface area contributed by atoms with Crippen molar-refractivity contribution in [3.8, 4) is 11.5 Å². The van der Waals surface area contributed by atoms with E-state index in [1.54, 1.807) is 14.2 Å².